The van der Waals surface area contributed by atoms with Gasteiger partial charge in [0.2, 0.25) is 0 Å². The second kappa shape index (κ2) is 9.91. The number of anilines is 1. The van der Waals surface area contributed by atoms with Gasteiger partial charge in [0.1, 0.15) is 5.00 Å². The summed E-state index contributed by atoms with van der Waals surface area (Å²) in [7, 11) is 1.33. The molecule has 1 amide bonds. The molecule has 0 spiro atoms. The summed E-state index contributed by atoms with van der Waals surface area (Å²) >= 11 is 1.40. The lowest BCUT2D eigenvalue weighted by atomic mass is 9.69. The third-order valence-electron chi connectivity index (χ3n) is 6.63. The van der Waals surface area contributed by atoms with E-state index >= 15 is 0 Å². The number of benzene rings is 1. The molecule has 9 heteroatoms. The summed E-state index contributed by atoms with van der Waals surface area (Å²) in [6.07, 6.45) is 3.62. The predicted molar refractivity (Wildman–Crippen MR) is 127 cm³/mol. The molecule has 178 valence electrons. The molecule has 0 saturated carbocycles. The first-order valence-corrected chi connectivity index (χ1v) is 11.9. The number of rotatable bonds is 8. The van der Waals surface area contributed by atoms with E-state index < -0.39 is 16.8 Å². The largest absolute Gasteiger partial charge is 0.490 e. The number of carbonyl (C=O) groups excluding carboxylic acids is 2. The third-order valence-corrected chi connectivity index (χ3v) is 7.80. The molecular weight excluding hydrogens is 444 g/mol. The number of nitro benzene ring substituents is 1. The summed E-state index contributed by atoms with van der Waals surface area (Å²) in [6, 6.07) is 4.01. The first-order chi connectivity index (χ1) is 15.6. The van der Waals surface area contributed by atoms with Crippen LogP contribution in [-0.2, 0) is 17.6 Å². The lowest BCUT2D eigenvalue weighted by Gasteiger charge is -2.36. The Morgan fingerprint density at radius 3 is 2.64 bits per heavy atom. The van der Waals surface area contributed by atoms with Crippen molar-refractivity contribution in [3.05, 3.63) is 49.9 Å². The van der Waals surface area contributed by atoms with Gasteiger partial charge in [-0.25, -0.2) is 4.79 Å². The van der Waals surface area contributed by atoms with Crippen LogP contribution in [0.5, 0.6) is 5.75 Å². The van der Waals surface area contributed by atoms with E-state index in [4.69, 9.17) is 9.47 Å². The highest BCUT2D eigenvalue weighted by molar-refractivity contribution is 7.17. The Balaban J connectivity index is 1.96. The number of nitro groups is 1. The quantitative estimate of drug-likeness (QED) is 0.302. The second-order valence-corrected chi connectivity index (χ2v) is 9.91. The maximum Gasteiger partial charge on any atom is 0.341 e. The number of hydrogen-bond acceptors (Lipinski definition) is 7. The third kappa shape index (κ3) is 5.03. The van der Waals surface area contributed by atoms with Gasteiger partial charge in [0.15, 0.2) is 5.75 Å². The summed E-state index contributed by atoms with van der Waals surface area (Å²) in [5.74, 6) is -0.439. The molecule has 1 atom stereocenters. The number of nitrogens with zero attached hydrogens (tertiary/aromatic N) is 1. The molecule has 8 nitrogen and oxygen atoms in total. The number of amides is 1. The van der Waals surface area contributed by atoms with E-state index in [0.717, 1.165) is 36.1 Å². The summed E-state index contributed by atoms with van der Waals surface area (Å²) in [6.45, 7) is 8.69. The first-order valence-electron chi connectivity index (χ1n) is 11.1. The van der Waals surface area contributed by atoms with E-state index in [0.29, 0.717) is 16.5 Å². The molecule has 0 saturated heterocycles. The Hall–Kier alpha value is -2.94. The molecule has 0 bridgehead atoms. The summed E-state index contributed by atoms with van der Waals surface area (Å²) in [5, 5.41) is 14.6. The zero-order valence-electron chi connectivity index (χ0n) is 19.6. The van der Waals surface area contributed by atoms with Crippen molar-refractivity contribution in [3.63, 3.8) is 0 Å². The minimum atomic E-state index is -0.598. The maximum atomic E-state index is 13.0. The fourth-order valence-corrected chi connectivity index (χ4v) is 5.51. The van der Waals surface area contributed by atoms with Gasteiger partial charge in [0, 0.05) is 16.5 Å². The van der Waals surface area contributed by atoms with Gasteiger partial charge in [-0.05, 0) is 55.2 Å². The minimum Gasteiger partial charge on any atom is -0.490 e. The topological polar surface area (TPSA) is 108 Å². The van der Waals surface area contributed by atoms with Gasteiger partial charge in [0.25, 0.3) is 5.91 Å². The number of hydrogen-bond donors (Lipinski definition) is 1. The van der Waals surface area contributed by atoms with Gasteiger partial charge in [0.05, 0.1) is 24.2 Å². The number of nitrogens with one attached hydrogen (secondary N) is 1. The summed E-state index contributed by atoms with van der Waals surface area (Å²) < 4.78 is 10.3. The molecule has 1 aliphatic carbocycles. The maximum absolute atomic E-state index is 13.0. The second-order valence-electron chi connectivity index (χ2n) is 8.81. The van der Waals surface area contributed by atoms with Crippen molar-refractivity contribution >= 4 is 33.9 Å². The molecule has 1 heterocycles. The van der Waals surface area contributed by atoms with Crippen LogP contribution in [0.1, 0.15) is 71.7 Å². The van der Waals surface area contributed by atoms with Crippen LogP contribution in [0.2, 0.25) is 0 Å². The zero-order valence-corrected chi connectivity index (χ0v) is 20.5. The monoisotopic (exact) mass is 474 g/mol. The Labute approximate surface area is 197 Å². The van der Waals surface area contributed by atoms with Crippen molar-refractivity contribution in [2.75, 3.05) is 19.0 Å². The van der Waals surface area contributed by atoms with E-state index in [1.807, 2.05) is 0 Å². The Kier molecular flexibility index (Phi) is 7.41. The van der Waals surface area contributed by atoms with Crippen molar-refractivity contribution < 1.29 is 24.0 Å². The van der Waals surface area contributed by atoms with Crippen molar-refractivity contribution in [1.82, 2.24) is 0 Å². The molecule has 0 fully saturated rings. The standard InChI is InChI=1S/C24H30N2O6S/c1-6-24(3,4)15-9-10-16-19(13-15)33-22(20(16)23(28)32-7-2)25-21(27)14-8-11-18(31-5)17(12-14)26(29)30/h8,11-12,15H,6-7,9-10,13H2,1-5H3,(H,25,27). The van der Waals surface area contributed by atoms with Gasteiger partial charge in [-0.15, -0.1) is 11.3 Å². The number of ether oxygens (including phenoxy) is 2. The van der Waals surface area contributed by atoms with Crippen molar-refractivity contribution in [3.8, 4) is 5.75 Å². The van der Waals surface area contributed by atoms with Crippen LogP contribution in [0, 0.1) is 21.4 Å². The van der Waals surface area contributed by atoms with Crippen LogP contribution in [0.25, 0.3) is 0 Å². The van der Waals surface area contributed by atoms with Gasteiger partial charge in [-0.3, -0.25) is 14.9 Å². The molecule has 3 rings (SSSR count). The molecule has 0 radical (unpaired) electrons. The molecule has 33 heavy (non-hydrogen) atoms. The highest BCUT2D eigenvalue weighted by Gasteiger charge is 2.36. The van der Waals surface area contributed by atoms with Crippen molar-refractivity contribution in [1.29, 1.82) is 0 Å². The average molecular weight is 475 g/mol. The zero-order chi connectivity index (χ0) is 24.3. The average Bonchev–Trinajstić information content (AvgIpc) is 3.15. The molecule has 0 aliphatic heterocycles. The van der Waals surface area contributed by atoms with Crippen molar-refractivity contribution in [2.24, 2.45) is 11.3 Å². The Morgan fingerprint density at radius 2 is 2.03 bits per heavy atom. The Morgan fingerprint density at radius 1 is 1.30 bits per heavy atom. The van der Waals surface area contributed by atoms with Crippen LogP contribution < -0.4 is 10.1 Å². The number of carbonyl (C=O) groups is 2. The smallest absolute Gasteiger partial charge is 0.341 e. The van der Waals surface area contributed by atoms with Crippen LogP contribution in [-0.4, -0.2) is 30.5 Å². The molecule has 1 aromatic carbocycles. The minimum absolute atomic E-state index is 0.0694. The highest BCUT2D eigenvalue weighted by atomic mass is 32.1. The van der Waals surface area contributed by atoms with E-state index in [1.165, 1.54) is 36.6 Å². The van der Waals surface area contributed by atoms with E-state index in [2.05, 4.69) is 26.1 Å². The molecule has 1 N–H and O–H groups in total. The molecule has 1 unspecified atom stereocenters. The van der Waals surface area contributed by atoms with Crippen LogP contribution in [0.4, 0.5) is 10.7 Å². The van der Waals surface area contributed by atoms with Gasteiger partial charge in [-0.1, -0.05) is 27.2 Å². The summed E-state index contributed by atoms with van der Waals surface area (Å²) in [4.78, 5) is 37.6. The van der Waals surface area contributed by atoms with Crippen molar-refractivity contribution in [2.45, 2.75) is 53.4 Å². The molecule has 2 aromatic rings. The van der Waals surface area contributed by atoms with E-state index in [1.54, 1.807) is 6.92 Å². The van der Waals surface area contributed by atoms with Gasteiger partial charge < -0.3 is 14.8 Å². The van der Waals surface area contributed by atoms with Crippen LogP contribution in [0.3, 0.4) is 0 Å². The SMILES string of the molecule is CCOC(=O)c1c(NC(=O)c2ccc(OC)c([N+](=O)[O-])c2)sc2c1CCC(C(C)(C)CC)C2. The normalized spacial score (nSPS) is 15.5. The van der Waals surface area contributed by atoms with E-state index in [-0.39, 0.29) is 29.0 Å². The molecule has 1 aromatic heterocycles. The van der Waals surface area contributed by atoms with Gasteiger partial charge in [-0.2, -0.15) is 0 Å². The predicted octanol–water partition coefficient (Wildman–Crippen LogP) is 5.64. The molecule has 1 aliphatic rings. The first kappa shape index (κ1) is 24.7. The highest BCUT2D eigenvalue weighted by Crippen LogP contribution is 2.45. The van der Waals surface area contributed by atoms with Gasteiger partial charge >= 0.3 is 11.7 Å². The lowest BCUT2D eigenvalue weighted by Crippen LogP contribution is -2.28. The lowest BCUT2D eigenvalue weighted by molar-refractivity contribution is -0.385. The molecular formula is C24H30N2O6S. The summed E-state index contributed by atoms with van der Waals surface area (Å²) in [5.41, 5.74) is 1.33. The number of esters is 1. The Bertz CT molecular complexity index is 1080. The van der Waals surface area contributed by atoms with Crippen LogP contribution >= 0.6 is 11.3 Å². The number of thiophene rings is 1. The number of fused-ring (bicyclic) bond motifs is 1. The van der Waals surface area contributed by atoms with Crippen LogP contribution in [0.15, 0.2) is 18.2 Å². The fourth-order valence-electron chi connectivity index (χ4n) is 4.20. The number of methoxy groups -OCH3 is 1. The fraction of sp³-hybridized carbons (Fsp3) is 0.500. The van der Waals surface area contributed by atoms with E-state index in [9.17, 15) is 19.7 Å².